The van der Waals surface area contributed by atoms with Crippen LogP contribution in [0.25, 0.3) is 4.85 Å². The van der Waals surface area contributed by atoms with E-state index in [1.54, 1.807) is 0 Å². The van der Waals surface area contributed by atoms with E-state index in [-0.39, 0.29) is 0 Å². The third kappa shape index (κ3) is 2.28. The minimum absolute atomic E-state index is 0.365. The molecule has 0 bridgehead atoms. The molecule has 0 radical (unpaired) electrons. The van der Waals surface area contributed by atoms with Crippen LogP contribution in [0.4, 0.5) is 11.4 Å². The predicted octanol–water partition coefficient (Wildman–Crippen LogP) is 2.16. The maximum Gasteiger partial charge on any atom is 0.187 e. The molecule has 0 aromatic heterocycles. The van der Waals surface area contributed by atoms with Gasteiger partial charge in [0.15, 0.2) is 5.69 Å². The van der Waals surface area contributed by atoms with Gasteiger partial charge in [-0.1, -0.05) is 12.1 Å². The number of piperidine rings is 1. The van der Waals surface area contributed by atoms with Gasteiger partial charge >= 0.3 is 0 Å². The Morgan fingerprint density at radius 3 is 2.33 bits per heavy atom. The quantitative estimate of drug-likeness (QED) is 0.706. The van der Waals surface area contributed by atoms with Crippen molar-refractivity contribution in [2.24, 2.45) is 5.73 Å². The molecule has 1 heterocycles. The Labute approximate surface area is 90.3 Å². The molecule has 0 aliphatic carbocycles. The van der Waals surface area contributed by atoms with Crippen LogP contribution in [-0.2, 0) is 0 Å². The Morgan fingerprint density at radius 1 is 1.20 bits per heavy atom. The van der Waals surface area contributed by atoms with Gasteiger partial charge < -0.3 is 10.6 Å². The molecule has 2 rings (SSSR count). The summed E-state index contributed by atoms with van der Waals surface area (Å²) in [6, 6.07) is 8.14. The van der Waals surface area contributed by atoms with Crippen LogP contribution in [0.15, 0.2) is 24.3 Å². The van der Waals surface area contributed by atoms with E-state index in [2.05, 4.69) is 9.74 Å². The molecule has 2 N–H and O–H groups in total. The molecule has 1 aromatic carbocycles. The summed E-state index contributed by atoms with van der Waals surface area (Å²) in [6.07, 6.45) is 2.12. The SMILES string of the molecule is [C-]#[N+]c1ccc(N2CCC(N)CC2)cc1. The van der Waals surface area contributed by atoms with E-state index in [4.69, 9.17) is 12.3 Å². The zero-order valence-corrected chi connectivity index (χ0v) is 8.69. The number of nitrogens with two attached hydrogens (primary N) is 1. The van der Waals surface area contributed by atoms with Crippen molar-refractivity contribution < 1.29 is 0 Å². The predicted molar refractivity (Wildman–Crippen MR) is 62.1 cm³/mol. The van der Waals surface area contributed by atoms with Crippen LogP contribution < -0.4 is 10.6 Å². The molecule has 1 saturated heterocycles. The summed E-state index contributed by atoms with van der Waals surface area (Å²) in [5.74, 6) is 0. The smallest absolute Gasteiger partial charge is 0.187 e. The number of nitrogens with zero attached hydrogens (tertiary/aromatic N) is 2. The minimum Gasteiger partial charge on any atom is -0.371 e. The molecule has 1 aliphatic rings. The molecule has 3 heteroatoms. The average Bonchev–Trinajstić information content (AvgIpc) is 2.30. The summed E-state index contributed by atoms with van der Waals surface area (Å²) in [4.78, 5) is 5.71. The van der Waals surface area contributed by atoms with E-state index in [0.29, 0.717) is 11.7 Å². The zero-order chi connectivity index (χ0) is 10.7. The van der Waals surface area contributed by atoms with Gasteiger partial charge in [-0.15, -0.1) is 0 Å². The van der Waals surface area contributed by atoms with E-state index < -0.39 is 0 Å². The lowest BCUT2D eigenvalue weighted by Gasteiger charge is -2.32. The molecule has 1 fully saturated rings. The van der Waals surface area contributed by atoms with E-state index in [1.165, 1.54) is 5.69 Å². The van der Waals surface area contributed by atoms with E-state index >= 15 is 0 Å². The highest BCUT2D eigenvalue weighted by molar-refractivity contribution is 5.55. The molecule has 0 amide bonds. The zero-order valence-electron chi connectivity index (χ0n) is 8.69. The van der Waals surface area contributed by atoms with Crippen LogP contribution in [0.3, 0.4) is 0 Å². The van der Waals surface area contributed by atoms with Crippen molar-refractivity contribution in [3.8, 4) is 0 Å². The third-order valence-corrected chi connectivity index (χ3v) is 2.88. The first-order valence-electron chi connectivity index (χ1n) is 5.27. The van der Waals surface area contributed by atoms with Gasteiger partial charge in [-0.05, 0) is 25.0 Å². The Morgan fingerprint density at radius 2 is 1.80 bits per heavy atom. The molecule has 0 unspecified atom stereocenters. The first kappa shape index (κ1) is 10.0. The summed E-state index contributed by atoms with van der Waals surface area (Å²) in [5, 5.41) is 0. The number of hydrogen-bond acceptors (Lipinski definition) is 2. The Kier molecular flexibility index (Phi) is 2.89. The van der Waals surface area contributed by atoms with Crippen molar-refractivity contribution >= 4 is 11.4 Å². The third-order valence-electron chi connectivity index (χ3n) is 2.88. The molecule has 15 heavy (non-hydrogen) atoms. The monoisotopic (exact) mass is 201 g/mol. The van der Waals surface area contributed by atoms with Crippen molar-refractivity contribution in [1.82, 2.24) is 0 Å². The van der Waals surface area contributed by atoms with Crippen molar-refractivity contribution in [2.45, 2.75) is 18.9 Å². The fourth-order valence-corrected chi connectivity index (χ4v) is 1.90. The lowest BCUT2D eigenvalue weighted by molar-refractivity contribution is 0.501. The molecule has 0 spiro atoms. The molecule has 3 nitrogen and oxygen atoms in total. The van der Waals surface area contributed by atoms with Crippen molar-refractivity contribution in [1.29, 1.82) is 0 Å². The van der Waals surface area contributed by atoms with Gasteiger partial charge in [-0.25, -0.2) is 4.85 Å². The normalized spacial score (nSPS) is 17.5. The molecular formula is C12H15N3. The topological polar surface area (TPSA) is 33.6 Å². The van der Waals surface area contributed by atoms with Crippen molar-refractivity contribution in [3.05, 3.63) is 35.7 Å². The lowest BCUT2D eigenvalue weighted by atomic mass is 10.1. The first-order chi connectivity index (χ1) is 7.29. The lowest BCUT2D eigenvalue weighted by Crippen LogP contribution is -2.39. The van der Waals surface area contributed by atoms with Gasteiger partial charge in [0.1, 0.15) is 0 Å². The molecule has 1 aromatic rings. The van der Waals surface area contributed by atoms with Crippen LogP contribution in [0.5, 0.6) is 0 Å². The summed E-state index contributed by atoms with van der Waals surface area (Å²) in [6.45, 7) is 8.93. The van der Waals surface area contributed by atoms with Crippen LogP contribution in [0.2, 0.25) is 0 Å². The van der Waals surface area contributed by atoms with Crippen LogP contribution in [-0.4, -0.2) is 19.1 Å². The van der Waals surface area contributed by atoms with Gasteiger partial charge in [-0.2, -0.15) is 0 Å². The molecule has 78 valence electrons. The molecule has 1 aliphatic heterocycles. The first-order valence-corrected chi connectivity index (χ1v) is 5.27. The van der Waals surface area contributed by atoms with Crippen molar-refractivity contribution in [3.63, 3.8) is 0 Å². The highest BCUT2D eigenvalue weighted by atomic mass is 15.1. The van der Waals surface area contributed by atoms with Crippen LogP contribution in [0, 0.1) is 6.57 Å². The van der Waals surface area contributed by atoms with Gasteiger partial charge in [0, 0.05) is 24.8 Å². The second-order valence-electron chi connectivity index (χ2n) is 3.95. The summed E-state index contributed by atoms with van der Waals surface area (Å²) in [7, 11) is 0. The van der Waals surface area contributed by atoms with Crippen LogP contribution in [0.1, 0.15) is 12.8 Å². The highest BCUT2D eigenvalue weighted by Crippen LogP contribution is 2.22. The van der Waals surface area contributed by atoms with E-state index in [9.17, 15) is 0 Å². The second-order valence-corrected chi connectivity index (χ2v) is 3.95. The largest absolute Gasteiger partial charge is 0.371 e. The van der Waals surface area contributed by atoms with Gasteiger partial charge in [0.25, 0.3) is 0 Å². The Balaban J connectivity index is 2.07. The second kappa shape index (κ2) is 4.33. The number of hydrogen-bond donors (Lipinski definition) is 1. The van der Waals surface area contributed by atoms with Gasteiger partial charge in [0.2, 0.25) is 0 Å². The maximum absolute atomic E-state index is 6.88. The van der Waals surface area contributed by atoms with Crippen molar-refractivity contribution in [2.75, 3.05) is 18.0 Å². The minimum atomic E-state index is 0.365. The van der Waals surface area contributed by atoms with E-state index in [0.717, 1.165) is 25.9 Å². The summed E-state index contributed by atoms with van der Waals surface area (Å²) < 4.78 is 0. The average molecular weight is 201 g/mol. The summed E-state index contributed by atoms with van der Waals surface area (Å²) in [5.41, 5.74) is 7.76. The molecule has 0 saturated carbocycles. The fraction of sp³-hybridized carbons (Fsp3) is 0.417. The number of benzene rings is 1. The molecule has 0 atom stereocenters. The Bertz CT molecular complexity index is 355. The Hall–Kier alpha value is -1.53. The molecular weight excluding hydrogens is 186 g/mol. The van der Waals surface area contributed by atoms with Crippen LogP contribution >= 0.6 is 0 Å². The summed E-state index contributed by atoms with van der Waals surface area (Å²) >= 11 is 0. The van der Waals surface area contributed by atoms with Gasteiger partial charge in [-0.3, -0.25) is 0 Å². The highest BCUT2D eigenvalue weighted by Gasteiger charge is 2.15. The standard InChI is InChI=1S/C12H15N3/c1-14-11-2-4-12(5-3-11)15-8-6-10(13)7-9-15/h2-5,10H,6-9,13H2. The maximum atomic E-state index is 6.88. The van der Waals surface area contributed by atoms with Gasteiger partial charge in [0.05, 0.1) is 6.57 Å². The van der Waals surface area contributed by atoms with E-state index in [1.807, 2.05) is 24.3 Å². The number of rotatable bonds is 1. The fourth-order valence-electron chi connectivity index (χ4n) is 1.90. The number of anilines is 1.